The van der Waals surface area contributed by atoms with Gasteiger partial charge in [0.2, 0.25) is 0 Å². The third kappa shape index (κ3) is 60.8. The van der Waals surface area contributed by atoms with E-state index in [1.807, 2.05) is 0 Å². The molecule has 0 fully saturated rings. The summed E-state index contributed by atoms with van der Waals surface area (Å²) >= 11 is 0. The van der Waals surface area contributed by atoms with Crippen LogP contribution in [0.2, 0.25) is 0 Å². The van der Waals surface area contributed by atoms with E-state index in [1.54, 1.807) is 0 Å². The van der Waals surface area contributed by atoms with Gasteiger partial charge >= 0.3 is 17.9 Å². The molecule has 0 aliphatic carbocycles. The second kappa shape index (κ2) is 62.6. The Kier molecular flexibility index (Phi) is 59.3. The molecule has 0 aliphatic rings. The van der Waals surface area contributed by atoms with Crippen LogP contribution in [0.3, 0.4) is 0 Å². The first-order valence-corrected chi connectivity index (χ1v) is 31.4. The molecule has 0 saturated heterocycles. The molecule has 0 rings (SSSR count). The Morgan fingerprint density at radius 1 is 0.280 bits per heavy atom. The molecule has 0 aromatic carbocycles. The molecule has 0 radical (unpaired) electrons. The SMILES string of the molecule is CC/C=C\C/C=C\C/C=C\C/C=C\CCCCCCCCCCCCC(=O)OCC(COC(=O)CCCCC/C=C\C/C=C\C/C=C\CC)OC(=O)CCCCCCCCCCC/C=C\C/C=C\CCCCCCC. The average Bonchev–Trinajstić information content (AvgIpc) is 3.41. The molecule has 0 aliphatic heterocycles. The van der Waals surface area contributed by atoms with Crippen molar-refractivity contribution >= 4 is 17.9 Å². The molecule has 0 spiro atoms. The number of hydrogen-bond donors (Lipinski definition) is 0. The summed E-state index contributed by atoms with van der Waals surface area (Å²) in [5, 5.41) is 0. The minimum absolute atomic E-state index is 0.0921. The van der Waals surface area contributed by atoms with Crippen LogP contribution in [0.15, 0.2) is 109 Å². The van der Waals surface area contributed by atoms with E-state index in [9.17, 15) is 14.4 Å². The van der Waals surface area contributed by atoms with Crippen molar-refractivity contribution in [2.45, 2.75) is 297 Å². The lowest BCUT2D eigenvalue weighted by molar-refractivity contribution is -0.167. The Hall–Kier alpha value is -3.93. The van der Waals surface area contributed by atoms with E-state index in [0.717, 1.165) is 116 Å². The van der Waals surface area contributed by atoms with Crippen molar-refractivity contribution < 1.29 is 28.6 Å². The van der Waals surface area contributed by atoms with Gasteiger partial charge in [-0.3, -0.25) is 14.4 Å². The fraction of sp³-hybridized carbons (Fsp3) is 0.696. The predicted molar refractivity (Wildman–Crippen MR) is 325 cm³/mol. The van der Waals surface area contributed by atoms with Crippen LogP contribution in [0, 0.1) is 0 Å². The normalized spacial score (nSPS) is 12.8. The molecule has 75 heavy (non-hydrogen) atoms. The standard InChI is InChI=1S/C69H116O6/c1-4-7-10-13-16-19-22-25-27-29-31-33-34-36-37-39-41-44-47-50-53-56-59-62-68(71)74-65-66(64-73-67(70)61-58-55-52-49-46-43-24-21-18-15-12-9-6-3)75-69(72)63-60-57-54-51-48-45-42-40-38-35-32-30-28-26-23-20-17-14-11-8-5-2/h7,9-10,12,16,18-19,21,23,25-27,30-33,43,46,66H,4-6,8,11,13-15,17,20,22,24,28-29,34-42,44-45,47-65H2,1-3H3/b10-7-,12-9-,19-16-,21-18-,26-23-,27-25-,32-30-,33-31-,46-43-. The third-order valence-electron chi connectivity index (χ3n) is 13.2. The molecule has 0 bridgehead atoms. The lowest BCUT2D eigenvalue weighted by Crippen LogP contribution is -2.30. The van der Waals surface area contributed by atoms with E-state index in [-0.39, 0.29) is 31.1 Å². The molecule has 1 atom stereocenters. The molecule has 0 heterocycles. The van der Waals surface area contributed by atoms with E-state index >= 15 is 0 Å². The minimum Gasteiger partial charge on any atom is -0.462 e. The summed E-state index contributed by atoms with van der Waals surface area (Å²) in [7, 11) is 0. The maximum absolute atomic E-state index is 12.9. The van der Waals surface area contributed by atoms with Gasteiger partial charge in [-0.05, 0) is 122 Å². The zero-order valence-corrected chi connectivity index (χ0v) is 49.0. The third-order valence-corrected chi connectivity index (χ3v) is 13.2. The van der Waals surface area contributed by atoms with Gasteiger partial charge in [0.25, 0.3) is 0 Å². The van der Waals surface area contributed by atoms with Crippen molar-refractivity contribution in [2.24, 2.45) is 0 Å². The number of allylic oxidation sites excluding steroid dienone is 18. The van der Waals surface area contributed by atoms with Gasteiger partial charge in [0.05, 0.1) is 0 Å². The zero-order valence-electron chi connectivity index (χ0n) is 49.0. The Balaban J connectivity index is 4.37. The number of esters is 3. The summed E-state index contributed by atoms with van der Waals surface area (Å²) in [4.78, 5) is 38.3. The van der Waals surface area contributed by atoms with Gasteiger partial charge in [-0.1, -0.05) is 259 Å². The van der Waals surface area contributed by atoms with E-state index in [0.29, 0.717) is 19.3 Å². The van der Waals surface area contributed by atoms with Crippen LogP contribution in [0.1, 0.15) is 290 Å². The fourth-order valence-electron chi connectivity index (χ4n) is 8.60. The van der Waals surface area contributed by atoms with Crippen molar-refractivity contribution in [1.29, 1.82) is 0 Å². The number of rotatable bonds is 56. The minimum atomic E-state index is -0.797. The first-order chi connectivity index (χ1) is 37.0. The second-order valence-electron chi connectivity index (χ2n) is 20.5. The summed E-state index contributed by atoms with van der Waals surface area (Å²) in [6.07, 6.45) is 85.2. The summed E-state index contributed by atoms with van der Waals surface area (Å²) < 4.78 is 16.9. The summed E-state index contributed by atoms with van der Waals surface area (Å²) in [5.74, 6) is -0.925. The van der Waals surface area contributed by atoms with Gasteiger partial charge in [0.15, 0.2) is 6.10 Å². The van der Waals surface area contributed by atoms with Crippen LogP contribution in [-0.2, 0) is 28.6 Å². The monoisotopic (exact) mass is 1040 g/mol. The fourth-order valence-corrected chi connectivity index (χ4v) is 8.60. The van der Waals surface area contributed by atoms with E-state index < -0.39 is 6.10 Å². The van der Waals surface area contributed by atoms with Crippen LogP contribution in [-0.4, -0.2) is 37.2 Å². The van der Waals surface area contributed by atoms with Crippen molar-refractivity contribution in [2.75, 3.05) is 13.2 Å². The topological polar surface area (TPSA) is 78.9 Å². The molecule has 6 heteroatoms. The summed E-state index contributed by atoms with van der Waals surface area (Å²) in [5.41, 5.74) is 0. The van der Waals surface area contributed by atoms with Gasteiger partial charge in [-0.15, -0.1) is 0 Å². The molecule has 0 N–H and O–H groups in total. The van der Waals surface area contributed by atoms with Gasteiger partial charge < -0.3 is 14.2 Å². The first kappa shape index (κ1) is 71.1. The highest BCUT2D eigenvalue weighted by Crippen LogP contribution is 2.16. The molecular weight excluding hydrogens is 925 g/mol. The first-order valence-electron chi connectivity index (χ1n) is 31.4. The van der Waals surface area contributed by atoms with E-state index in [1.165, 1.54) is 135 Å². The highest BCUT2D eigenvalue weighted by atomic mass is 16.6. The van der Waals surface area contributed by atoms with Gasteiger partial charge in [-0.2, -0.15) is 0 Å². The van der Waals surface area contributed by atoms with Crippen molar-refractivity contribution in [1.82, 2.24) is 0 Å². The quantitative estimate of drug-likeness (QED) is 0.0261. The average molecular weight is 1040 g/mol. The Bertz CT molecular complexity index is 1520. The smallest absolute Gasteiger partial charge is 0.306 e. The number of carbonyl (C=O) groups excluding carboxylic acids is 3. The van der Waals surface area contributed by atoms with Crippen molar-refractivity contribution in [3.63, 3.8) is 0 Å². The lowest BCUT2D eigenvalue weighted by atomic mass is 10.1. The number of carbonyl (C=O) groups is 3. The Morgan fingerprint density at radius 3 is 0.827 bits per heavy atom. The number of unbranched alkanes of at least 4 members (excludes halogenated alkanes) is 27. The number of ether oxygens (including phenoxy) is 3. The Labute approximate surface area is 463 Å². The lowest BCUT2D eigenvalue weighted by Gasteiger charge is -2.18. The number of hydrogen-bond acceptors (Lipinski definition) is 6. The van der Waals surface area contributed by atoms with Gasteiger partial charge in [0.1, 0.15) is 13.2 Å². The van der Waals surface area contributed by atoms with Gasteiger partial charge in [0, 0.05) is 19.3 Å². The zero-order chi connectivity index (χ0) is 54.3. The summed E-state index contributed by atoms with van der Waals surface area (Å²) in [6, 6.07) is 0. The van der Waals surface area contributed by atoms with Crippen LogP contribution in [0.5, 0.6) is 0 Å². The molecule has 1 unspecified atom stereocenters. The largest absolute Gasteiger partial charge is 0.462 e. The van der Waals surface area contributed by atoms with Crippen molar-refractivity contribution in [3.8, 4) is 0 Å². The highest BCUT2D eigenvalue weighted by Gasteiger charge is 2.19. The van der Waals surface area contributed by atoms with Gasteiger partial charge in [-0.25, -0.2) is 0 Å². The molecule has 0 amide bonds. The molecule has 428 valence electrons. The molecule has 0 saturated carbocycles. The second-order valence-corrected chi connectivity index (χ2v) is 20.5. The van der Waals surface area contributed by atoms with Crippen LogP contribution >= 0.6 is 0 Å². The maximum atomic E-state index is 12.9. The molecular formula is C69H116O6. The van der Waals surface area contributed by atoms with Crippen molar-refractivity contribution in [3.05, 3.63) is 109 Å². The summed E-state index contributed by atoms with van der Waals surface area (Å²) in [6.45, 7) is 6.39. The van der Waals surface area contributed by atoms with E-state index in [4.69, 9.17) is 14.2 Å². The molecule has 6 nitrogen and oxygen atoms in total. The van der Waals surface area contributed by atoms with Crippen LogP contribution in [0.25, 0.3) is 0 Å². The Morgan fingerprint density at radius 2 is 0.520 bits per heavy atom. The molecule has 0 aromatic rings. The molecule has 0 aromatic heterocycles. The predicted octanol–water partition coefficient (Wildman–Crippen LogP) is 21.4. The maximum Gasteiger partial charge on any atom is 0.306 e. The van der Waals surface area contributed by atoms with E-state index in [2.05, 4.69) is 130 Å². The van der Waals surface area contributed by atoms with Crippen LogP contribution < -0.4 is 0 Å². The van der Waals surface area contributed by atoms with Crippen LogP contribution in [0.4, 0.5) is 0 Å². The highest BCUT2D eigenvalue weighted by molar-refractivity contribution is 5.71.